The molecule has 0 fully saturated rings. The summed E-state index contributed by atoms with van der Waals surface area (Å²) in [5, 5.41) is 0.735. The Bertz CT molecular complexity index is 339. The summed E-state index contributed by atoms with van der Waals surface area (Å²) in [7, 11) is 1.46. The van der Waals surface area contributed by atoms with Crippen LogP contribution in [0, 0.1) is 0 Å². The molecule has 1 radical (unpaired) electrons. The van der Waals surface area contributed by atoms with Gasteiger partial charge in [0, 0.05) is 11.1 Å². The fourth-order valence-electron chi connectivity index (χ4n) is 0.930. The molecule has 3 nitrogen and oxygen atoms in total. The lowest BCUT2D eigenvalue weighted by Gasteiger charge is -2.10. The van der Waals surface area contributed by atoms with Crippen molar-refractivity contribution in [2.45, 2.75) is 0 Å². The van der Waals surface area contributed by atoms with E-state index >= 15 is 0 Å². The van der Waals surface area contributed by atoms with Crippen LogP contribution in [0.15, 0.2) is 12.1 Å². The van der Waals surface area contributed by atoms with Crippen LogP contribution in [0.2, 0.25) is 10.0 Å². The molecule has 1 aromatic carbocycles. The molecular formula is C9H7Cl2O3. The maximum atomic E-state index is 10.00. The Morgan fingerprint density at radius 2 is 2.14 bits per heavy atom. The number of ether oxygens (including phenoxy) is 2. The molecular weight excluding hydrogens is 227 g/mol. The van der Waals surface area contributed by atoms with E-state index in [0.29, 0.717) is 21.5 Å². The Balaban J connectivity index is 3.04. The van der Waals surface area contributed by atoms with Crippen molar-refractivity contribution < 1.29 is 14.3 Å². The van der Waals surface area contributed by atoms with Crippen molar-refractivity contribution in [2.75, 3.05) is 13.7 Å². The quantitative estimate of drug-likeness (QED) is 0.802. The molecule has 1 aromatic rings. The monoisotopic (exact) mass is 233 g/mol. The predicted molar refractivity (Wildman–Crippen MR) is 54.2 cm³/mol. The minimum absolute atomic E-state index is 0.197. The van der Waals surface area contributed by atoms with Crippen molar-refractivity contribution in [3.05, 3.63) is 22.2 Å². The van der Waals surface area contributed by atoms with Crippen LogP contribution in [-0.4, -0.2) is 20.0 Å². The van der Waals surface area contributed by atoms with Gasteiger partial charge < -0.3 is 9.47 Å². The summed E-state index contributed by atoms with van der Waals surface area (Å²) >= 11 is 11.6. The van der Waals surface area contributed by atoms with Crippen LogP contribution in [0.3, 0.4) is 0 Å². The lowest BCUT2D eigenvalue weighted by Crippen LogP contribution is -2.00. The summed E-state index contributed by atoms with van der Waals surface area (Å²) in [6.07, 6.45) is 1.59. The lowest BCUT2D eigenvalue weighted by atomic mass is 10.3. The van der Waals surface area contributed by atoms with Gasteiger partial charge in [-0.2, -0.15) is 0 Å². The topological polar surface area (TPSA) is 35.5 Å². The Kier molecular flexibility index (Phi) is 4.04. The van der Waals surface area contributed by atoms with Gasteiger partial charge in [-0.3, -0.25) is 4.79 Å². The van der Waals surface area contributed by atoms with E-state index in [1.54, 1.807) is 12.4 Å². The number of halogens is 2. The summed E-state index contributed by atoms with van der Waals surface area (Å²) in [4.78, 5) is 10.00. The molecule has 1 rings (SSSR count). The van der Waals surface area contributed by atoms with Crippen molar-refractivity contribution in [1.82, 2.24) is 0 Å². The van der Waals surface area contributed by atoms with Gasteiger partial charge in [0.25, 0.3) is 0 Å². The Hall–Kier alpha value is -0.930. The van der Waals surface area contributed by atoms with E-state index in [1.807, 2.05) is 0 Å². The molecule has 0 unspecified atom stereocenters. The van der Waals surface area contributed by atoms with E-state index in [9.17, 15) is 4.79 Å². The van der Waals surface area contributed by atoms with Gasteiger partial charge in [0.2, 0.25) is 6.29 Å². The highest BCUT2D eigenvalue weighted by Gasteiger charge is 2.10. The molecule has 0 aliphatic carbocycles. The lowest BCUT2D eigenvalue weighted by molar-refractivity contribution is 0.329. The molecule has 0 aliphatic rings. The van der Waals surface area contributed by atoms with Crippen molar-refractivity contribution in [2.24, 2.45) is 0 Å². The summed E-state index contributed by atoms with van der Waals surface area (Å²) in [6.45, 7) is -0.197. The highest BCUT2D eigenvalue weighted by Crippen LogP contribution is 2.37. The first-order chi connectivity index (χ1) is 6.69. The molecule has 0 atom stereocenters. The summed E-state index contributed by atoms with van der Waals surface area (Å²) in [6, 6.07) is 3.05. The molecule has 75 valence electrons. The van der Waals surface area contributed by atoms with Crippen molar-refractivity contribution in [3.63, 3.8) is 0 Å². The van der Waals surface area contributed by atoms with E-state index in [2.05, 4.69) is 0 Å². The highest BCUT2D eigenvalue weighted by molar-refractivity contribution is 6.35. The Morgan fingerprint density at radius 1 is 1.43 bits per heavy atom. The largest absolute Gasteiger partial charge is 0.493 e. The number of hydrogen-bond donors (Lipinski definition) is 0. The summed E-state index contributed by atoms with van der Waals surface area (Å²) in [5.41, 5.74) is 0. The average molecular weight is 234 g/mol. The van der Waals surface area contributed by atoms with Crippen LogP contribution in [0.4, 0.5) is 0 Å². The molecule has 0 bridgehead atoms. The third kappa shape index (κ3) is 2.53. The van der Waals surface area contributed by atoms with E-state index < -0.39 is 0 Å². The normalized spacial score (nSPS) is 9.64. The molecule has 0 aromatic heterocycles. The van der Waals surface area contributed by atoms with Gasteiger partial charge >= 0.3 is 0 Å². The van der Waals surface area contributed by atoms with E-state index in [0.717, 1.165) is 0 Å². The maximum Gasteiger partial charge on any atom is 0.239 e. The molecule has 0 saturated carbocycles. The van der Waals surface area contributed by atoms with Crippen LogP contribution in [0.25, 0.3) is 0 Å². The van der Waals surface area contributed by atoms with Gasteiger partial charge in [-0.25, -0.2) is 0 Å². The first-order valence-electron chi connectivity index (χ1n) is 3.70. The zero-order valence-electron chi connectivity index (χ0n) is 7.34. The molecule has 0 saturated heterocycles. The number of methoxy groups -OCH3 is 1. The Morgan fingerprint density at radius 3 is 2.71 bits per heavy atom. The second-order valence-corrected chi connectivity index (χ2v) is 3.20. The maximum absolute atomic E-state index is 10.00. The van der Waals surface area contributed by atoms with E-state index in [4.69, 9.17) is 32.7 Å². The first-order valence-corrected chi connectivity index (χ1v) is 4.45. The number of benzene rings is 1. The smallest absolute Gasteiger partial charge is 0.239 e. The zero-order valence-corrected chi connectivity index (χ0v) is 8.85. The van der Waals surface area contributed by atoms with Gasteiger partial charge in [0.15, 0.2) is 18.1 Å². The van der Waals surface area contributed by atoms with Gasteiger partial charge in [-0.1, -0.05) is 23.2 Å². The molecule has 0 aliphatic heterocycles. The third-order valence-corrected chi connectivity index (χ3v) is 1.97. The minimum Gasteiger partial charge on any atom is -0.493 e. The van der Waals surface area contributed by atoms with Crippen LogP contribution in [-0.2, 0) is 4.79 Å². The highest BCUT2D eigenvalue weighted by atomic mass is 35.5. The average Bonchev–Trinajstić information content (AvgIpc) is 2.15. The molecule has 0 spiro atoms. The molecule has 0 N–H and O–H groups in total. The fourth-order valence-corrected chi connectivity index (χ4v) is 1.46. The summed E-state index contributed by atoms with van der Waals surface area (Å²) < 4.78 is 10.0. The van der Waals surface area contributed by atoms with Crippen LogP contribution >= 0.6 is 23.2 Å². The van der Waals surface area contributed by atoms with Crippen molar-refractivity contribution >= 4 is 29.5 Å². The van der Waals surface area contributed by atoms with E-state index in [1.165, 1.54) is 13.2 Å². The molecule has 0 amide bonds. The van der Waals surface area contributed by atoms with Crippen molar-refractivity contribution in [3.8, 4) is 11.5 Å². The minimum atomic E-state index is -0.197. The van der Waals surface area contributed by atoms with Crippen LogP contribution in [0.1, 0.15) is 0 Å². The van der Waals surface area contributed by atoms with Crippen LogP contribution in [0.5, 0.6) is 11.5 Å². The third-order valence-electron chi connectivity index (χ3n) is 1.47. The molecule has 0 heterocycles. The predicted octanol–water partition coefficient (Wildman–Crippen LogP) is 2.49. The van der Waals surface area contributed by atoms with Gasteiger partial charge in [-0.15, -0.1) is 0 Å². The molecule has 14 heavy (non-hydrogen) atoms. The fraction of sp³-hybridized carbons (Fsp3) is 0.222. The Labute approximate surface area is 91.5 Å². The van der Waals surface area contributed by atoms with Crippen molar-refractivity contribution in [1.29, 1.82) is 0 Å². The van der Waals surface area contributed by atoms with Gasteiger partial charge in [-0.05, 0) is 6.07 Å². The second kappa shape index (κ2) is 5.08. The first kappa shape index (κ1) is 11.1. The van der Waals surface area contributed by atoms with Gasteiger partial charge in [0.05, 0.1) is 12.1 Å². The number of carbonyl (C=O) groups excluding carboxylic acids is 1. The second-order valence-electron chi connectivity index (χ2n) is 2.35. The number of rotatable bonds is 4. The van der Waals surface area contributed by atoms with Gasteiger partial charge in [0.1, 0.15) is 0 Å². The summed E-state index contributed by atoms with van der Waals surface area (Å²) in [5.74, 6) is 0.680. The standard InChI is InChI=1S/C9H7Cl2O3/c1-13-8-5-6(10)4-7(11)9(8)14-3-2-12/h4-5H,3H2,1H3. The SMILES string of the molecule is COc1cc(Cl)cc(Cl)c1OC[C]=O. The zero-order chi connectivity index (χ0) is 10.6. The van der Waals surface area contributed by atoms with E-state index in [-0.39, 0.29) is 6.61 Å². The number of hydrogen-bond acceptors (Lipinski definition) is 3. The van der Waals surface area contributed by atoms with Crippen LogP contribution < -0.4 is 9.47 Å². The molecule has 5 heteroatoms.